The minimum Gasteiger partial charge on any atom is -0.354 e. The number of rotatable bonds is 5. The van der Waals surface area contributed by atoms with Crippen LogP contribution in [0.25, 0.3) is 5.65 Å². The number of nitrogens with zero attached hydrogens (tertiary/aromatic N) is 5. The van der Waals surface area contributed by atoms with Gasteiger partial charge in [-0.05, 0) is 64.2 Å². The molecule has 2 saturated heterocycles. The van der Waals surface area contributed by atoms with E-state index in [4.69, 9.17) is 21.7 Å². The van der Waals surface area contributed by atoms with Gasteiger partial charge in [-0.3, -0.25) is 9.52 Å². The van der Waals surface area contributed by atoms with Crippen LogP contribution in [0.15, 0.2) is 30.5 Å². The average molecular weight is 531 g/mol. The van der Waals surface area contributed by atoms with Crippen LogP contribution in [0.1, 0.15) is 66.7 Å². The summed E-state index contributed by atoms with van der Waals surface area (Å²) in [5, 5.41) is 5.18. The largest absolute Gasteiger partial charge is 0.354 e. The lowest BCUT2D eigenvalue weighted by atomic mass is 9.98. The molecule has 0 bridgehead atoms. The number of carbonyl (C=O) groups is 1. The lowest BCUT2D eigenvalue weighted by Gasteiger charge is -2.35. The number of fused-ring (bicyclic) bond motifs is 1. The number of hydrogen-bond acceptors (Lipinski definition) is 6. The molecule has 0 radical (unpaired) electrons. The maximum Gasteiger partial charge on any atom is 0.256 e. The smallest absolute Gasteiger partial charge is 0.256 e. The Kier molecular flexibility index (Phi) is 6.59. The number of hydrogen-bond donors (Lipinski definition) is 1. The SMILES string of the molecule is Cc1cn2nc([C@@H]3CCCCN3C(=O)c3cc(Cl)ccc3NS(C)(=O)=O)cc2nc1N1CCC[C@H]1C. The maximum atomic E-state index is 13.8. The first-order valence-electron chi connectivity index (χ1n) is 12.3. The van der Waals surface area contributed by atoms with Gasteiger partial charge in [0.15, 0.2) is 5.65 Å². The van der Waals surface area contributed by atoms with Crippen LogP contribution in [-0.4, -0.2) is 59.2 Å². The highest BCUT2D eigenvalue weighted by molar-refractivity contribution is 7.92. The van der Waals surface area contributed by atoms with Gasteiger partial charge in [0.05, 0.1) is 29.2 Å². The Hall–Kier alpha value is -2.85. The fraction of sp³-hybridized carbons (Fsp3) is 0.480. The Morgan fingerprint density at radius 2 is 1.94 bits per heavy atom. The minimum absolute atomic E-state index is 0.216. The van der Waals surface area contributed by atoms with Crippen molar-refractivity contribution in [3.05, 3.63) is 52.3 Å². The Morgan fingerprint density at radius 1 is 1.14 bits per heavy atom. The van der Waals surface area contributed by atoms with E-state index in [1.807, 2.05) is 12.3 Å². The zero-order valence-electron chi connectivity index (χ0n) is 20.7. The van der Waals surface area contributed by atoms with Gasteiger partial charge in [-0.25, -0.2) is 17.9 Å². The summed E-state index contributed by atoms with van der Waals surface area (Å²) in [5.41, 5.74) is 3.04. The summed E-state index contributed by atoms with van der Waals surface area (Å²) < 4.78 is 28.0. The predicted octanol–water partition coefficient (Wildman–Crippen LogP) is 4.42. The standard InChI is InChI=1S/C25H31ClN6O3S/c1-16-15-32-23(27-24(16)30-12-6-7-17(30)2)14-21(28-32)22-8-4-5-11-31(22)25(33)19-13-18(26)9-10-20(19)29-36(3,34)35/h9-10,13-15,17,22,29H,4-8,11-12H2,1-3H3/t17-,22+/m1/s1. The summed E-state index contributed by atoms with van der Waals surface area (Å²) in [5.74, 6) is 0.715. The van der Waals surface area contributed by atoms with Crippen molar-refractivity contribution in [3.63, 3.8) is 0 Å². The number of aromatic nitrogens is 3. The van der Waals surface area contributed by atoms with Crippen molar-refractivity contribution >= 4 is 44.7 Å². The Labute approximate surface area is 216 Å². The summed E-state index contributed by atoms with van der Waals surface area (Å²) in [6, 6.07) is 6.78. The highest BCUT2D eigenvalue weighted by Gasteiger charge is 2.32. The van der Waals surface area contributed by atoms with Crippen molar-refractivity contribution < 1.29 is 13.2 Å². The van der Waals surface area contributed by atoms with E-state index >= 15 is 0 Å². The van der Waals surface area contributed by atoms with Gasteiger partial charge in [0, 0.05) is 42.0 Å². The molecule has 2 aliphatic rings. The van der Waals surface area contributed by atoms with E-state index in [1.54, 1.807) is 15.5 Å². The molecule has 0 aliphatic carbocycles. The maximum absolute atomic E-state index is 13.8. The van der Waals surface area contributed by atoms with E-state index in [0.717, 1.165) is 67.6 Å². The molecule has 2 aliphatic heterocycles. The number of aryl methyl sites for hydroxylation is 1. The highest BCUT2D eigenvalue weighted by atomic mass is 35.5. The zero-order valence-corrected chi connectivity index (χ0v) is 22.3. The molecule has 36 heavy (non-hydrogen) atoms. The number of anilines is 2. The molecule has 1 N–H and O–H groups in total. The lowest BCUT2D eigenvalue weighted by molar-refractivity contribution is 0.0607. The van der Waals surface area contributed by atoms with Crippen molar-refractivity contribution in [1.29, 1.82) is 0 Å². The first-order valence-corrected chi connectivity index (χ1v) is 14.6. The second kappa shape index (κ2) is 9.55. The molecule has 192 valence electrons. The second-order valence-electron chi connectivity index (χ2n) is 9.88. The minimum atomic E-state index is -3.57. The van der Waals surface area contributed by atoms with Gasteiger partial charge in [-0.1, -0.05) is 11.6 Å². The molecule has 3 aromatic rings. The molecule has 0 saturated carbocycles. The number of amides is 1. The van der Waals surface area contributed by atoms with Crippen LogP contribution in [0.5, 0.6) is 0 Å². The molecule has 2 aromatic heterocycles. The van der Waals surface area contributed by atoms with E-state index in [-0.39, 0.29) is 23.2 Å². The van der Waals surface area contributed by atoms with Crippen LogP contribution < -0.4 is 9.62 Å². The number of carbonyl (C=O) groups excluding carboxylic acids is 1. The molecular weight excluding hydrogens is 500 g/mol. The van der Waals surface area contributed by atoms with Crippen LogP contribution in [0.3, 0.4) is 0 Å². The van der Waals surface area contributed by atoms with E-state index in [1.165, 1.54) is 12.1 Å². The van der Waals surface area contributed by atoms with Crippen LogP contribution in [0, 0.1) is 6.92 Å². The predicted molar refractivity (Wildman–Crippen MR) is 141 cm³/mol. The summed E-state index contributed by atoms with van der Waals surface area (Å²) in [6.07, 6.45) is 7.98. The molecule has 9 nitrogen and oxygen atoms in total. The molecular formula is C25H31ClN6O3S. The fourth-order valence-corrected chi connectivity index (χ4v) is 6.09. The number of sulfonamides is 1. The van der Waals surface area contributed by atoms with Crippen LogP contribution in [-0.2, 0) is 10.0 Å². The average Bonchev–Trinajstić information content (AvgIpc) is 3.43. The first-order chi connectivity index (χ1) is 17.1. The van der Waals surface area contributed by atoms with Gasteiger partial charge in [0.2, 0.25) is 10.0 Å². The molecule has 0 unspecified atom stereocenters. The molecule has 11 heteroatoms. The van der Waals surface area contributed by atoms with E-state index in [0.29, 0.717) is 17.6 Å². The van der Waals surface area contributed by atoms with Gasteiger partial charge in [-0.15, -0.1) is 0 Å². The van der Waals surface area contributed by atoms with Crippen LogP contribution >= 0.6 is 11.6 Å². The molecule has 5 rings (SSSR count). The Bertz CT molecular complexity index is 1420. The topological polar surface area (TPSA) is 99.9 Å². The monoisotopic (exact) mass is 530 g/mol. The molecule has 2 fully saturated rings. The van der Waals surface area contributed by atoms with E-state index in [9.17, 15) is 13.2 Å². The lowest BCUT2D eigenvalue weighted by Crippen LogP contribution is -2.39. The van der Waals surface area contributed by atoms with Crippen LogP contribution in [0.4, 0.5) is 11.5 Å². The molecule has 1 amide bonds. The third kappa shape index (κ3) is 4.88. The van der Waals surface area contributed by atoms with Crippen molar-refractivity contribution in [2.75, 3.05) is 29.0 Å². The number of likely N-dealkylation sites (tertiary alicyclic amines) is 1. The van der Waals surface area contributed by atoms with Gasteiger partial charge in [0.25, 0.3) is 5.91 Å². The second-order valence-corrected chi connectivity index (χ2v) is 12.1. The van der Waals surface area contributed by atoms with Crippen LogP contribution in [0.2, 0.25) is 5.02 Å². The summed E-state index contributed by atoms with van der Waals surface area (Å²) in [4.78, 5) is 22.8. The Balaban J connectivity index is 1.50. The fourth-order valence-electron chi connectivity index (χ4n) is 5.34. The number of piperidine rings is 1. The third-order valence-electron chi connectivity index (χ3n) is 7.06. The molecule has 4 heterocycles. The van der Waals surface area contributed by atoms with Gasteiger partial charge in [-0.2, -0.15) is 5.10 Å². The summed E-state index contributed by atoms with van der Waals surface area (Å²) in [7, 11) is -3.57. The number of nitrogens with one attached hydrogen (secondary N) is 1. The van der Waals surface area contributed by atoms with Crippen molar-refractivity contribution in [3.8, 4) is 0 Å². The summed E-state index contributed by atoms with van der Waals surface area (Å²) >= 11 is 6.20. The van der Waals surface area contributed by atoms with Gasteiger partial charge < -0.3 is 9.80 Å². The molecule has 1 aromatic carbocycles. The summed E-state index contributed by atoms with van der Waals surface area (Å²) in [6.45, 7) is 5.83. The Morgan fingerprint density at radius 3 is 2.67 bits per heavy atom. The number of halogens is 1. The van der Waals surface area contributed by atoms with Crippen molar-refractivity contribution in [1.82, 2.24) is 19.5 Å². The van der Waals surface area contributed by atoms with E-state index < -0.39 is 10.0 Å². The zero-order chi connectivity index (χ0) is 25.6. The number of benzene rings is 1. The first kappa shape index (κ1) is 24.8. The quantitative estimate of drug-likeness (QED) is 0.524. The van der Waals surface area contributed by atoms with E-state index in [2.05, 4.69) is 23.5 Å². The normalized spacial score (nSPS) is 20.8. The molecule has 0 spiro atoms. The van der Waals surface area contributed by atoms with Gasteiger partial charge in [0.1, 0.15) is 5.82 Å². The van der Waals surface area contributed by atoms with Gasteiger partial charge >= 0.3 is 0 Å². The third-order valence-corrected chi connectivity index (χ3v) is 7.89. The van der Waals surface area contributed by atoms with Crippen molar-refractivity contribution in [2.24, 2.45) is 0 Å². The van der Waals surface area contributed by atoms with Crippen molar-refractivity contribution in [2.45, 2.75) is 58.0 Å². The molecule has 2 atom stereocenters. The highest BCUT2D eigenvalue weighted by Crippen LogP contribution is 2.35.